The fourth-order valence-electron chi connectivity index (χ4n) is 4.21. The Morgan fingerprint density at radius 2 is 2.00 bits per heavy atom. The molecule has 2 N–H and O–H groups in total. The molecular formula is C23H28N2. The Hall–Kier alpha value is -2.06. The normalized spacial score (nSPS) is 18.2. The highest BCUT2D eigenvalue weighted by Crippen LogP contribution is 2.35. The number of aryl methyl sites for hydroxylation is 2. The maximum atomic E-state index is 3.84. The summed E-state index contributed by atoms with van der Waals surface area (Å²) >= 11 is 0. The van der Waals surface area contributed by atoms with E-state index in [0.29, 0.717) is 12.0 Å². The predicted octanol–water partition coefficient (Wildman–Crippen LogP) is 5.32. The molecule has 0 saturated carbocycles. The molecule has 4 rings (SSSR count). The molecule has 2 atom stereocenters. The lowest BCUT2D eigenvalue weighted by atomic mass is 9.91. The molecule has 1 aliphatic rings. The maximum absolute atomic E-state index is 3.84. The van der Waals surface area contributed by atoms with Gasteiger partial charge >= 0.3 is 0 Å². The molecule has 2 unspecified atom stereocenters. The van der Waals surface area contributed by atoms with Crippen molar-refractivity contribution in [3.05, 3.63) is 70.9 Å². The molecule has 1 aliphatic carbocycles. The number of H-pyrrole nitrogens is 1. The molecule has 0 saturated heterocycles. The van der Waals surface area contributed by atoms with Crippen molar-refractivity contribution in [2.75, 3.05) is 6.54 Å². The van der Waals surface area contributed by atoms with Crippen molar-refractivity contribution in [1.29, 1.82) is 0 Å². The fourth-order valence-corrected chi connectivity index (χ4v) is 4.21. The van der Waals surface area contributed by atoms with E-state index in [4.69, 9.17) is 0 Å². The fraction of sp³-hybridized carbons (Fsp3) is 0.391. The van der Waals surface area contributed by atoms with E-state index in [1.165, 1.54) is 52.5 Å². The molecule has 25 heavy (non-hydrogen) atoms. The van der Waals surface area contributed by atoms with Crippen LogP contribution in [0.2, 0.25) is 0 Å². The van der Waals surface area contributed by atoms with Crippen LogP contribution in [0.5, 0.6) is 0 Å². The first-order valence-corrected chi connectivity index (χ1v) is 9.59. The van der Waals surface area contributed by atoms with Crippen LogP contribution in [0.1, 0.15) is 48.2 Å². The van der Waals surface area contributed by atoms with Crippen molar-refractivity contribution in [2.24, 2.45) is 5.92 Å². The molecule has 1 aromatic heterocycles. The first-order chi connectivity index (χ1) is 12.2. The molecule has 0 bridgehead atoms. The average molecular weight is 332 g/mol. The quantitative estimate of drug-likeness (QED) is 0.650. The van der Waals surface area contributed by atoms with Gasteiger partial charge in [-0.05, 0) is 68.3 Å². The zero-order chi connectivity index (χ0) is 17.2. The van der Waals surface area contributed by atoms with Crippen LogP contribution in [0.3, 0.4) is 0 Å². The Balaban J connectivity index is 1.47. The topological polar surface area (TPSA) is 27.8 Å². The molecule has 0 radical (unpaired) electrons. The van der Waals surface area contributed by atoms with E-state index in [2.05, 4.69) is 72.7 Å². The minimum atomic E-state index is 0.467. The monoisotopic (exact) mass is 332 g/mol. The molecular weight excluding hydrogens is 304 g/mol. The molecule has 0 aliphatic heterocycles. The van der Waals surface area contributed by atoms with Gasteiger partial charge < -0.3 is 10.3 Å². The van der Waals surface area contributed by atoms with Crippen molar-refractivity contribution < 1.29 is 0 Å². The minimum Gasteiger partial charge on any atom is -0.357 e. The van der Waals surface area contributed by atoms with Gasteiger partial charge in [-0.3, -0.25) is 0 Å². The van der Waals surface area contributed by atoms with Crippen LogP contribution in [0.4, 0.5) is 0 Å². The SMILES string of the molecule is Cc1ccc2[nH]c3c(c2c1)CCCC3NCC(C)Cc1ccccc1. The smallest absolute Gasteiger partial charge is 0.0476 e. The number of fused-ring (bicyclic) bond motifs is 3. The van der Waals surface area contributed by atoms with Crippen molar-refractivity contribution in [3.8, 4) is 0 Å². The first-order valence-electron chi connectivity index (χ1n) is 9.59. The van der Waals surface area contributed by atoms with Crippen molar-refractivity contribution in [3.63, 3.8) is 0 Å². The summed E-state index contributed by atoms with van der Waals surface area (Å²) in [4.78, 5) is 3.70. The summed E-state index contributed by atoms with van der Waals surface area (Å²) in [6.45, 7) is 5.59. The highest BCUT2D eigenvalue weighted by molar-refractivity contribution is 5.85. The number of aromatic amines is 1. The predicted molar refractivity (Wildman–Crippen MR) is 106 cm³/mol. The van der Waals surface area contributed by atoms with Gasteiger partial charge in [-0.25, -0.2) is 0 Å². The molecule has 0 fully saturated rings. The van der Waals surface area contributed by atoms with Crippen molar-refractivity contribution in [2.45, 2.75) is 45.6 Å². The zero-order valence-electron chi connectivity index (χ0n) is 15.3. The summed E-state index contributed by atoms with van der Waals surface area (Å²) in [5.41, 5.74) is 7.04. The van der Waals surface area contributed by atoms with E-state index in [1.807, 2.05) is 0 Å². The van der Waals surface area contributed by atoms with Gasteiger partial charge in [0.25, 0.3) is 0 Å². The molecule has 0 amide bonds. The second-order valence-electron chi connectivity index (χ2n) is 7.71. The lowest BCUT2D eigenvalue weighted by Crippen LogP contribution is -2.29. The van der Waals surface area contributed by atoms with E-state index in [9.17, 15) is 0 Å². The molecule has 0 spiro atoms. The van der Waals surface area contributed by atoms with Crippen LogP contribution in [-0.2, 0) is 12.8 Å². The van der Waals surface area contributed by atoms with Crippen LogP contribution in [0.25, 0.3) is 10.9 Å². The van der Waals surface area contributed by atoms with Gasteiger partial charge in [0, 0.05) is 22.6 Å². The van der Waals surface area contributed by atoms with Crippen LogP contribution in [0.15, 0.2) is 48.5 Å². The summed E-state index contributed by atoms with van der Waals surface area (Å²) in [5.74, 6) is 0.638. The van der Waals surface area contributed by atoms with Gasteiger partial charge in [0.2, 0.25) is 0 Å². The third-order valence-corrected chi connectivity index (χ3v) is 5.50. The number of aromatic nitrogens is 1. The van der Waals surface area contributed by atoms with E-state index < -0.39 is 0 Å². The maximum Gasteiger partial charge on any atom is 0.0476 e. The molecule has 2 nitrogen and oxygen atoms in total. The van der Waals surface area contributed by atoms with Crippen LogP contribution >= 0.6 is 0 Å². The van der Waals surface area contributed by atoms with Gasteiger partial charge in [-0.2, -0.15) is 0 Å². The number of benzene rings is 2. The van der Waals surface area contributed by atoms with E-state index in [-0.39, 0.29) is 0 Å². The Bertz CT molecular complexity index is 847. The summed E-state index contributed by atoms with van der Waals surface area (Å²) in [6.07, 6.45) is 4.85. The molecule has 2 heteroatoms. The summed E-state index contributed by atoms with van der Waals surface area (Å²) in [6, 6.07) is 18.1. The Kier molecular flexibility index (Phi) is 4.63. The number of hydrogen-bond acceptors (Lipinski definition) is 1. The average Bonchev–Trinajstić information content (AvgIpc) is 2.99. The van der Waals surface area contributed by atoms with E-state index in [0.717, 1.165) is 13.0 Å². The minimum absolute atomic E-state index is 0.467. The van der Waals surface area contributed by atoms with Gasteiger partial charge in [-0.1, -0.05) is 48.9 Å². The largest absolute Gasteiger partial charge is 0.357 e. The van der Waals surface area contributed by atoms with Gasteiger partial charge in [-0.15, -0.1) is 0 Å². The van der Waals surface area contributed by atoms with Gasteiger partial charge in [0.05, 0.1) is 0 Å². The molecule has 2 aromatic carbocycles. The second kappa shape index (κ2) is 7.05. The zero-order valence-corrected chi connectivity index (χ0v) is 15.3. The Morgan fingerprint density at radius 1 is 1.16 bits per heavy atom. The van der Waals surface area contributed by atoms with Gasteiger partial charge in [0.15, 0.2) is 0 Å². The second-order valence-corrected chi connectivity index (χ2v) is 7.71. The summed E-state index contributed by atoms with van der Waals surface area (Å²) in [5, 5.41) is 5.27. The van der Waals surface area contributed by atoms with Crippen molar-refractivity contribution >= 4 is 10.9 Å². The highest BCUT2D eigenvalue weighted by atomic mass is 15.0. The van der Waals surface area contributed by atoms with Crippen molar-refractivity contribution in [1.82, 2.24) is 10.3 Å². The standard InChI is InChI=1S/C23H28N2/c1-16-11-12-21-20(14-16)19-9-6-10-22(23(19)25-21)24-15-17(2)13-18-7-4-3-5-8-18/h3-5,7-8,11-12,14,17,22,24-25H,6,9-10,13,15H2,1-2H3. The first kappa shape index (κ1) is 16.4. The summed E-state index contributed by atoms with van der Waals surface area (Å²) < 4.78 is 0. The number of nitrogens with one attached hydrogen (secondary N) is 2. The molecule has 130 valence electrons. The summed E-state index contributed by atoms with van der Waals surface area (Å²) in [7, 11) is 0. The van der Waals surface area contributed by atoms with E-state index >= 15 is 0 Å². The lowest BCUT2D eigenvalue weighted by Gasteiger charge is -2.25. The number of rotatable bonds is 5. The number of hydrogen-bond donors (Lipinski definition) is 2. The third-order valence-electron chi connectivity index (χ3n) is 5.50. The highest BCUT2D eigenvalue weighted by Gasteiger charge is 2.24. The third kappa shape index (κ3) is 3.50. The van der Waals surface area contributed by atoms with Crippen LogP contribution < -0.4 is 5.32 Å². The van der Waals surface area contributed by atoms with E-state index in [1.54, 1.807) is 0 Å². The van der Waals surface area contributed by atoms with Crippen LogP contribution in [0, 0.1) is 12.8 Å². The Labute approximate surface area is 150 Å². The van der Waals surface area contributed by atoms with Crippen LogP contribution in [-0.4, -0.2) is 11.5 Å². The molecule has 3 aromatic rings. The molecule has 1 heterocycles. The lowest BCUT2D eigenvalue weighted by molar-refractivity contribution is 0.408. The Morgan fingerprint density at radius 3 is 2.84 bits per heavy atom. The van der Waals surface area contributed by atoms with Gasteiger partial charge in [0.1, 0.15) is 0 Å².